The number of halogens is 1. The molecule has 5 nitrogen and oxygen atoms in total. The van der Waals surface area contributed by atoms with Crippen LogP contribution in [-0.2, 0) is 11.2 Å². The van der Waals surface area contributed by atoms with Crippen molar-refractivity contribution in [2.24, 2.45) is 0 Å². The van der Waals surface area contributed by atoms with Gasteiger partial charge in [0.2, 0.25) is 5.91 Å². The Kier molecular flexibility index (Phi) is 5.77. The first-order chi connectivity index (χ1) is 13.3. The molecule has 3 aromatic rings. The standard InChI is InChI=1S/C22H27FN4O/c1-6-26(18-9-7-17(23)8-10-18)21(28)12-11-19-15(4)20-13-24-27(14(2)3)22(20)25-16(19)5/h7-10,13-14H,6,11-12H2,1-5H3. The van der Waals surface area contributed by atoms with E-state index in [1.165, 1.54) is 12.1 Å². The Hall–Kier alpha value is -2.76. The fourth-order valence-corrected chi connectivity index (χ4v) is 3.63. The Morgan fingerprint density at radius 1 is 1.21 bits per heavy atom. The van der Waals surface area contributed by atoms with E-state index in [1.54, 1.807) is 17.0 Å². The number of hydrogen-bond acceptors (Lipinski definition) is 3. The number of amides is 1. The minimum Gasteiger partial charge on any atom is -0.313 e. The highest BCUT2D eigenvalue weighted by Crippen LogP contribution is 2.26. The molecule has 0 aliphatic heterocycles. The molecular weight excluding hydrogens is 355 g/mol. The van der Waals surface area contributed by atoms with Crippen LogP contribution in [0.1, 0.15) is 50.1 Å². The van der Waals surface area contributed by atoms with E-state index in [9.17, 15) is 9.18 Å². The number of pyridine rings is 1. The van der Waals surface area contributed by atoms with Crippen LogP contribution in [-0.4, -0.2) is 27.2 Å². The van der Waals surface area contributed by atoms with Crippen LogP contribution in [0, 0.1) is 19.7 Å². The number of hydrogen-bond donors (Lipinski definition) is 0. The Morgan fingerprint density at radius 3 is 2.50 bits per heavy atom. The normalized spacial score (nSPS) is 11.4. The molecule has 148 valence electrons. The lowest BCUT2D eigenvalue weighted by Gasteiger charge is -2.21. The summed E-state index contributed by atoms with van der Waals surface area (Å²) in [7, 11) is 0. The van der Waals surface area contributed by atoms with E-state index in [0.29, 0.717) is 25.1 Å². The van der Waals surface area contributed by atoms with Crippen molar-refractivity contribution >= 4 is 22.6 Å². The van der Waals surface area contributed by atoms with Crippen molar-refractivity contribution in [1.29, 1.82) is 0 Å². The van der Waals surface area contributed by atoms with Gasteiger partial charge in [0.15, 0.2) is 5.65 Å². The molecule has 0 atom stereocenters. The van der Waals surface area contributed by atoms with Crippen molar-refractivity contribution < 1.29 is 9.18 Å². The number of benzene rings is 1. The summed E-state index contributed by atoms with van der Waals surface area (Å²) in [6.07, 6.45) is 2.85. The Bertz CT molecular complexity index is 992. The number of aryl methyl sites for hydroxylation is 2. The molecule has 0 fully saturated rings. The van der Waals surface area contributed by atoms with E-state index < -0.39 is 0 Å². The van der Waals surface area contributed by atoms with E-state index >= 15 is 0 Å². The second kappa shape index (κ2) is 8.09. The molecule has 28 heavy (non-hydrogen) atoms. The topological polar surface area (TPSA) is 51.0 Å². The van der Waals surface area contributed by atoms with Gasteiger partial charge in [-0.2, -0.15) is 5.10 Å². The fourth-order valence-electron chi connectivity index (χ4n) is 3.63. The molecule has 0 radical (unpaired) electrons. The summed E-state index contributed by atoms with van der Waals surface area (Å²) < 4.78 is 15.1. The highest BCUT2D eigenvalue weighted by molar-refractivity contribution is 5.93. The van der Waals surface area contributed by atoms with E-state index in [0.717, 1.165) is 27.9 Å². The maximum absolute atomic E-state index is 13.2. The van der Waals surface area contributed by atoms with Gasteiger partial charge < -0.3 is 4.90 Å². The molecule has 3 rings (SSSR count). The van der Waals surface area contributed by atoms with Crippen LogP contribution in [0.3, 0.4) is 0 Å². The molecule has 0 saturated heterocycles. The average Bonchev–Trinajstić information content (AvgIpc) is 3.08. The average molecular weight is 382 g/mol. The molecule has 2 heterocycles. The van der Waals surface area contributed by atoms with Crippen LogP contribution in [0.15, 0.2) is 30.5 Å². The predicted molar refractivity (Wildman–Crippen MR) is 110 cm³/mol. The lowest BCUT2D eigenvalue weighted by molar-refractivity contribution is -0.118. The van der Waals surface area contributed by atoms with Gasteiger partial charge >= 0.3 is 0 Å². The number of carbonyl (C=O) groups excluding carboxylic acids is 1. The lowest BCUT2D eigenvalue weighted by atomic mass is 10.00. The highest BCUT2D eigenvalue weighted by Gasteiger charge is 2.18. The van der Waals surface area contributed by atoms with Gasteiger partial charge in [0, 0.05) is 35.8 Å². The van der Waals surface area contributed by atoms with Crippen LogP contribution < -0.4 is 4.90 Å². The summed E-state index contributed by atoms with van der Waals surface area (Å²) in [5.74, 6) is -0.286. The zero-order valence-electron chi connectivity index (χ0n) is 17.2. The smallest absolute Gasteiger partial charge is 0.227 e. The predicted octanol–water partition coefficient (Wildman–Crippen LogP) is 4.75. The van der Waals surface area contributed by atoms with Crippen molar-refractivity contribution in [3.63, 3.8) is 0 Å². The summed E-state index contributed by atoms with van der Waals surface area (Å²) in [6.45, 7) is 10.7. The Morgan fingerprint density at radius 2 is 1.89 bits per heavy atom. The number of aromatic nitrogens is 3. The minimum absolute atomic E-state index is 0.0193. The molecule has 1 amide bonds. The molecule has 1 aromatic carbocycles. The van der Waals surface area contributed by atoms with Crippen LogP contribution in [0.5, 0.6) is 0 Å². The summed E-state index contributed by atoms with van der Waals surface area (Å²) >= 11 is 0. The minimum atomic E-state index is -0.306. The largest absolute Gasteiger partial charge is 0.313 e. The summed E-state index contributed by atoms with van der Waals surface area (Å²) in [4.78, 5) is 19.3. The second-order valence-corrected chi connectivity index (χ2v) is 7.34. The molecule has 0 spiro atoms. The van der Waals surface area contributed by atoms with Gasteiger partial charge in [-0.25, -0.2) is 14.1 Å². The van der Waals surface area contributed by atoms with Crippen LogP contribution >= 0.6 is 0 Å². The maximum Gasteiger partial charge on any atom is 0.227 e. The number of carbonyl (C=O) groups is 1. The molecule has 2 aromatic heterocycles. The van der Waals surface area contributed by atoms with Gasteiger partial charge in [-0.3, -0.25) is 4.79 Å². The molecule has 0 unspecified atom stereocenters. The Labute approximate surface area is 165 Å². The van der Waals surface area contributed by atoms with Gasteiger partial charge in [-0.1, -0.05) is 0 Å². The van der Waals surface area contributed by atoms with Gasteiger partial charge in [0.1, 0.15) is 5.82 Å². The van der Waals surface area contributed by atoms with Crippen molar-refractivity contribution in [3.05, 3.63) is 53.1 Å². The molecule has 0 saturated carbocycles. The molecule has 0 aliphatic rings. The third-order valence-corrected chi connectivity index (χ3v) is 5.17. The van der Waals surface area contributed by atoms with Crippen LogP contribution in [0.4, 0.5) is 10.1 Å². The van der Waals surface area contributed by atoms with Gasteiger partial charge in [-0.05, 0) is 76.4 Å². The van der Waals surface area contributed by atoms with Crippen molar-refractivity contribution in [1.82, 2.24) is 14.8 Å². The molecular formula is C22H27FN4O. The quantitative estimate of drug-likeness (QED) is 0.618. The monoisotopic (exact) mass is 382 g/mol. The van der Waals surface area contributed by atoms with Crippen molar-refractivity contribution in [3.8, 4) is 0 Å². The number of fused-ring (bicyclic) bond motifs is 1. The second-order valence-electron chi connectivity index (χ2n) is 7.34. The van der Waals surface area contributed by atoms with E-state index in [2.05, 4.69) is 25.9 Å². The van der Waals surface area contributed by atoms with Gasteiger partial charge in [0.05, 0.1) is 6.20 Å². The number of nitrogens with zero attached hydrogens (tertiary/aromatic N) is 4. The van der Waals surface area contributed by atoms with Crippen LogP contribution in [0.25, 0.3) is 11.0 Å². The first kappa shape index (κ1) is 20.0. The first-order valence-corrected chi connectivity index (χ1v) is 9.72. The van der Waals surface area contributed by atoms with Gasteiger partial charge in [0.25, 0.3) is 0 Å². The summed E-state index contributed by atoms with van der Waals surface area (Å²) in [5, 5.41) is 5.50. The summed E-state index contributed by atoms with van der Waals surface area (Å²) in [5.41, 5.74) is 4.77. The summed E-state index contributed by atoms with van der Waals surface area (Å²) in [6, 6.07) is 6.28. The molecule has 6 heteroatoms. The van der Waals surface area contributed by atoms with E-state index in [4.69, 9.17) is 4.98 Å². The van der Waals surface area contributed by atoms with Crippen molar-refractivity contribution in [2.75, 3.05) is 11.4 Å². The molecule has 0 N–H and O–H groups in total. The SMILES string of the molecule is CCN(C(=O)CCc1c(C)nc2c(cnn2C(C)C)c1C)c1ccc(F)cc1. The fraction of sp³-hybridized carbons (Fsp3) is 0.409. The maximum atomic E-state index is 13.2. The zero-order chi connectivity index (χ0) is 20.4. The first-order valence-electron chi connectivity index (χ1n) is 9.72. The molecule has 0 aliphatic carbocycles. The zero-order valence-corrected chi connectivity index (χ0v) is 17.2. The molecule has 0 bridgehead atoms. The lowest BCUT2D eigenvalue weighted by Crippen LogP contribution is -2.30. The van der Waals surface area contributed by atoms with Crippen LogP contribution in [0.2, 0.25) is 0 Å². The Balaban J connectivity index is 1.82. The van der Waals surface area contributed by atoms with E-state index in [-0.39, 0.29) is 17.8 Å². The number of rotatable bonds is 6. The number of anilines is 1. The van der Waals surface area contributed by atoms with Gasteiger partial charge in [-0.15, -0.1) is 0 Å². The highest BCUT2D eigenvalue weighted by atomic mass is 19.1. The van der Waals surface area contributed by atoms with Crippen molar-refractivity contribution in [2.45, 2.75) is 53.5 Å². The van der Waals surface area contributed by atoms with E-state index in [1.807, 2.05) is 24.7 Å². The third kappa shape index (κ3) is 3.77. The third-order valence-electron chi connectivity index (χ3n) is 5.17.